The molecule has 8 heteroatoms. The van der Waals surface area contributed by atoms with Crippen molar-refractivity contribution in [2.75, 3.05) is 13.2 Å². The molecule has 0 saturated carbocycles. The van der Waals surface area contributed by atoms with E-state index in [0.29, 0.717) is 13.0 Å². The van der Waals surface area contributed by atoms with Gasteiger partial charge >= 0.3 is 17.9 Å². The topological polar surface area (TPSA) is 130 Å². The van der Waals surface area contributed by atoms with E-state index in [0.717, 1.165) is 19.3 Å². The van der Waals surface area contributed by atoms with E-state index in [9.17, 15) is 19.5 Å². The van der Waals surface area contributed by atoms with Gasteiger partial charge in [0.15, 0.2) is 5.60 Å². The van der Waals surface area contributed by atoms with Crippen LogP contribution >= 0.6 is 0 Å². The van der Waals surface area contributed by atoms with Crippen molar-refractivity contribution in [3.05, 3.63) is 12.8 Å². The van der Waals surface area contributed by atoms with Crippen LogP contribution in [0.4, 0.5) is 0 Å². The van der Waals surface area contributed by atoms with Gasteiger partial charge in [0.2, 0.25) is 0 Å². The van der Waals surface area contributed by atoms with Crippen LogP contribution < -0.4 is 0 Å². The predicted molar refractivity (Wildman–Crippen MR) is 75.0 cm³/mol. The molecule has 0 spiro atoms. The minimum absolute atomic E-state index is 0.0872. The third-order valence-electron chi connectivity index (χ3n) is 2.82. The number of ether oxygens (including phenoxy) is 2. The number of hydrogen-bond donors (Lipinski definition) is 3. The van der Waals surface area contributed by atoms with Crippen LogP contribution in [0, 0.1) is 0 Å². The summed E-state index contributed by atoms with van der Waals surface area (Å²) in [6, 6.07) is 0. The number of carboxylic acid groups (broad SMARTS) is 2. The lowest BCUT2D eigenvalue weighted by Gasteiger charge is -2.20. The van der Waals surface area contributed by atoms with Crippen molar-refractivity contribution in [2.45, 2.75) is 44.1 Å². The summed E-state index contributed by atoms with van der Waals surface area (Å²) >= 11 is 0. The van der Waals surface area contributed by atoms with Gasteiger partial charge in [-0.2, -0.15) is 0 Å². The number of unbranched alkanes of at least 4 members (excludes halogenated alkanes) is 3. The van der Waals surface area contributed by atoms with Crippen LogP contribution in [-0.2, 0) is 23.9 Å². The monoisotopic (exact) mass is 318 g/mol. The van der Waals surface area contributed by atoms with Gasteiger partial charge in [0, 0.05) is 0 Å². The molecular weight excluding hydrogens is 296 g/mol. The summed E-state index contributed by atoms with van der Waals surface area (Å²) in [5, 5.41) is 27.0. The highest BCUT2D eigenvalue weighted by molar-refractivity contribution is 5.88. The molecule has 0 heterocycles. The van der Waals surface area contributed by atoms with Crippen LogP contribution in [0.1, 0.15) is 38.5 Å². The first-order chi connectivity index (χ1) is 10.3. The first kappa shape index (κ1) is 19.9. The maximum absolute atomic E-state index is 11.4. The van der Waals surface area contributed by atoms with Crippen molar-refractivity contribution >= 4 is 17.9 Å². The first-order valence-corrected chi connectivity index (χ1v) is 6.87. The van der Waals surface area contributed by atoms with Crippen LogP contribution in [0.15, 0.2) is 12.8 Å². The summed E-state index contributed by atoms with van der Waals surface area (Å²) in [6.07, 6.45) is 2.50. The number of carboxylic acids is 2. The quantitative estimate of drug-likeness (QED) is 0.260. The predicted octanol–water partition coefficient (Wildman–Crippen LogP) is 0.931. The van der Waals surface area contributed by atoms with Gasteiger partial charge in [-0.3, -0.25) is 9.59 Å². The fraction of sp³-hybridized carbons (Fsp3) is 0.643. The van der Waals surface area contributed by atoms with Crippen molar-refractivity contribution in [2.24, 2.45) is 0 Å². The van der Waals surface area contributed by atoms with Gasteiger partial charge < -0.3 is 24.8 Å². The van der Waals surface area contributed by atoms with Crippen LogP contribution in [-0.4, -0.2) is 52.0 Å². The van der Waals surface area contributed by atoms with Crippen molar-refractivity contribution in [3.8, 4) is 0 Å². The molecule has 0 aliphatic carbocycles. The van der Waals surface area contributed by atoms with Gasteiger partial charge in [-0.1, -0.05) is 6.58 Å². The Bertz CT molecular complexity index is 392. The van der Waals surface area contributed by atoms with E-state index in [1.165, 1.54) is 6.26 Å². The molecule has 0 radical (unpaired) electrons. The Morgan fingerprint density at radius 3 is 2.09 bits per heavy atom. The Hall–Kier alpha value is -2.09. The lowest BCUT2D eigenvalue weighted by molar-refractivity contribution is -0.172. The summed E-state index contributed by atoms with van der Waals surface area (Å²) in [7, 11) is 0. The highest BCUT2D eigenvalue weighted by atomic mass is 16.5. The molecule has 22 heavy (non-hydrogen) atoms. The zero-order chi connectivity index (χ0) is 17.0. The fourth-order valence-corrected chi connectivity index (χ4v) is 1.66. The molecular formula is C14H22O8. The zero-order valence-corrected chi connectivity index (χ0v) is 12.3. The van der Waals surface area contributed by atoms with Crippen molar-refractivity contribution in [1.29, 1.82) is 0 Å². The lowest BCUT2D eigenvalue weighted by Crippen LogP contribution is -2.43. The minimum atomic E-state index is -2.65. The number of hydrogen-bond acceptors (Lipinski definition) is 6. The zero-order valence-electron chi connectivity index (χ0n) is 12.3. The van der Waals surface area contributed by atoms with Crippen molar-refractivity contribution in [3.63, 3.8) is 0 Å². The molecule has 126 valence electrons. The Morgan fingerprint density at radius 1 is 1.00 bits per heavy atom. The maximum atomic E-state index is 11.4. The second-order valence-corrected chi connectivity index (χ2v) is 4.76. The summed E-state index contributed by atoms with van der Waals surface area (Å²) < 4.78 is 9.73. The summed E-state index contributed by atoms with van der Waals surface area (Å²) in [4.78, 5) is 32.8. The number of esters is 1. The standard InChI is InChI=1S/C14H22O8/c1-2-21-7-5-3-4-6-8-22-12(17)10-14(20,13(18)19)9-11(15)16/h2,20H,1,3-10H2,(H,15,16)(H,18,19). The molecule has 0 amide bonds. The molecule has 8 nitrogen and oxygen atoms in total. The number of aliphatic carboxylic acids is 2. The second-order valence-electron chi connectivity index (χ2n) is 4.76. The largest absolute Gasteiger partial charge is 0.502 e. The SMILES string of the molecule is C=COCCCCCCOC(=O)CC(O)(CC(=O)O)C(=O)O. The number of rotatable bonds is 13. The van der Waals surface area contributed by atoms with E-state index in [1.54, 1.807) is 0 Å². The van der Waals surface area contributed by atoms with Gasteiger partial charge in [-0.15, -0.1) is 0 Å². The van der Waals surface area contributed by atoms with Crippen molar-refractivity contribution in [1.82, 2.24) is 0 Å². The normalized spacial score (nSPS) is 13.0. The molecule has 0 fully saturated rings. The molecule has 3 N–H and O–H groups in total. The van der Waals surface area contributed by atoms with Gasteiger partial charge in [-0.05, 0) is 25.7 Å². The van der Waals surface area contributed by atoms with Crippen LogP contribution in [0.5, 0.6) is 0 Å². The second kappa shape index (κ2) is 10.6. The highest BCUT2D eigenvalue weighted by Crippen LogP contribution is 2.17. The van der Waals surface area contributed by atoms with E-state index in [4.69, 9.17) is 19.7 Å². The molecule has 0 aromatic carbocycles. The van der Waals surface area contributed by atoms with E-state index in [2.05, 4.69) is 6.58 Å². The third-order valence-corrected chi connectivity index (χ3v) is 2.82. The number of aliphatic hydroxyl groups is 1. The minimum Gasteiger partial charge on any atom is -0.502 e. The van der Waals surface area contributed by atoms with Crippen LogP contribution in [0.3, 0.4) is 0 Å². The molecule has 0 aliphatic rings. The van der Waals surface area contributed by atoms with Gasteiger partial charge in [0.25, 0.3) is 0 Å². The number of carbonyl (C=O) groups is 3. The smallest absolute Gasteiger partial charge is 0.336 e. The van der Waals surface area contributed by atoms with Gasteiger partial charge in [0.1, 0.15) is 0 Å². The molecule has 0 bridgehead atoms. The summed E-state index contributed by atoms with van der Waals surface area (Å²) in [5.41, 5.74) is -2.65. The Labute approximate surface area is 128 Å². The Balaban J connectivity index is 3.94. The van der Waals surface area contributed by atoms with E-state index < -0.39 is 36.4 Å². The van der Waals surface area contributed by atoms with E-state index in [1.807, 2.05) is 0 Å². The average Bonchev–Trinajstić information content (AvgIpc) is 2.40. The van der Waals surface area contributed by atoms with Crippen molar-refractivity contribution < 1.29 is 39.2 Å². The fourth-order valence-electron chi connectivity index (χ4n) is 1.66. The maximum Gasteiger partial charge on any atom is 0.336 e. The molecule has 1 atom stereocenters. The van der Waals surface area contributed by atoms with Crippen LogP contribution in [0.2, 0.25) is 0 Å². The number of carbonyl (C=O) groups excluding carboxylic acids is 1. The molecule has 1 unspecified atom stereocenters. The van der Waals surface area contributed by atoms with Gasteiger partial charge in [-0.25, -0.2) is 4.79 Å². The Kier molecular flexibility index (Phi) is 9.60. The summed E-state index contributed by atoms with van der Waals surface area (Å²) in [6.45, 7) is 4.07. The lowest BCUT2D eigenvalue weighted by atomic mass is 9.96. The van der Waals surface area contributed by atoms with Gasteiger partial charge in [0.05, 0.1) is 32.3 Å². The molecule has 0 aliphatic heterocycles. The van der Waals surface area contributed by atoms with Crippen LogP contribution in [0.25, 0.3) is 0 Å². The molecule has 0 aromatic heterocycles. The highest BCUT2D eigenvalue weighted by Gasteiger charge is 2.41. The van der Waals surface area contributed by atoms with E-state index >= 15 is 0 Å². The summed E-state index contributed by atoms with van der Waals surface area (Å²) in [5.74, 6) is -4.23. The average molecular weight is 318 g/mol. The first-order valence-electron chi connectivity index (χ1n) is 6.87. The third kappa shape index (κ3) is 8.96. The Morgan fingerprint density at radius 2 is 1.59 bits per heavy atom. The molecule has 0 saturated heterocycles. The molecule has 0 aromatic rings. The molecule has 0 rings (SSSR count). The van der Waals surface area contributed by atoms with E-state index in [-0.39, 0.29) is 6.61 Å².